The lowest BCUT2D eigenvalue weighted by Crippen LogP contribution is -2.08. The minimum absolute atomic E-state index is 0.265. The van der Waals surface area contributed by atoms with Crippen molar-refractivity contribution in [3.05, 3.63) is 191 Å². The SMILES string of the molecule is N#Cc1cc(C#N)cc(-c2ccc3c(c2)c2ccccc2n3-c2ccc(C(F)(F)F)cc2-c2ccc(C#N)cc2-n2c3ccccc3c3cc(-c4cc(C#N)cc(C#N)c4)ccc32)c1. The molecule has 0 bridgehead atoms. The lowest BCUT2D eigenvalue weighted by molar-refractivity contribution is -0.137. The molecule has 0 saturated carbocycles. The summed E-state index contributed by atoms with van der Waals surface area (Å²) in [6, 6.07) is 56.1. The molecule has 0 saturated heterocycles. The summed E-state index contributed by atoms with van der Waals surface area (Å²) in [5.41, 5.74) is 8.23. The van der Waals surface area contributed by atoms with E-state index in [-0.39, 0.29) is 5.56 Å². The van der Waals surface area contributed by atoms with E-state index in [9.17, 15) is 39.5 Å². The molecule has 0 fully saturated rings. The number of hydrogen-bond acceptors (Lipinski definition) is 5. The first-order valence-corrected chi connectivity index (χ1v) is 19.8. The normalized spacial score (nSPS) is 11.3. The van der Waals surface area contributed by atoms with Gasteiger partial charge in [-0.2, -0.15) is 39.5 Å². The number of rotatable bonds is 5. The molecule has 0 amide bonds. The monoisotopic (exact) mass is 829 g/mol. The Morgan fingerprint density at radius 3 is 1.27 bits per heavy atom. The van der Waals surface area contributed by atoms with Crippen LogP contribution in [0.15, 0.2) is 158 Å². The third-order valence-corrected chi connectivity index (χ3v) is 11.6. The lowest BCUT2D eigenvalue weighted by atomic mass is 9.96. The highest BCUT2D eigenvalue weighted by molar-refractivity contribution is 6.13. The van der Waals surface area contributed by atoms with E-state index in [2.05, 4.69) is 30.3 Å². The molecule has 0 radical (unpaired) electrons. The molecule has 0 N–H and O–H groups in total. The van der Waals surface area contributed by atoms with Crippen molar-refractivity contribution in [1.29, 1.82) is 26.3 Å². The summed E-state index contributed by atoms with van der Waals surface area (Å²) in [6.45, 7) is 0. The van der Waals surface area contributed by atoms with Crippen LogP contribution in [0.25, 0.3) is 88.4 Å². The molecule has 2 aromatic heterocycles. The fourth-order valence-corrected chi connectivity index (χ4v) is 8.81. The van der Waals surface area contributed by atoms with E-state index in [0.717, 1.165) is 61.4 Å². The minimum Gasteiger partial charge on any atom is -0.309 e. The van der Waals surface area contributed by atoms with Crippen molar-refractivity contribution in [1.82, 2.24) is 9.13 Å². The van der Waals surface area contributed by atoms with Gasteiger partial charge in [0.25, 0.3) is 0 Å². The van der Waals surface area contributed by atoms with E-state index in [1.165, 1.54) is 18.2 Å². The summed E-state index contributed by atoms with van der Waals surface area (Å²) < 4.78 is 48.4. The number of benzene rings is 8. The number of aromatic nitrogens is 2. The van der Waals surface area contributed by atoms with Crippen molar-refractivity contribution in [3.8, 4) is 75.1 Å². The number of nitriles is 5. The highest BCUT2D eigenvalue weighted by atomic mass is 19.4. The molecular weight excluding hydrogens is 804 g/mol. The molecule has 2 heterocycles. The van der Waals surface area contributed by atoms with Gasteiger partial charge in [-0.15, -0.1) is 0 Å². The van der Waals surface area contributed by atoms with Crippen molar-refractivity contribution in [2.24, 2.45) is 0 Å². The third kappa shape index (κ3) is 6.34. The number of halogens is 3. The molecule has 64 heavy (non-hydrogen) atoms. The maximum absolute atomic E-state index is 14.8. The fourth-order valence-electron chi connectivity index (χ4n) is 8.81. The Hall–Kier alpha value is -9.40. The van der Waals surface area contributed by atoms with Gasteiger partial charge in [0.05, 0.1) is 97.2 Å². The van der Waals surface area contributed by atoms with Crippen molar-refractivity contribution in [3.63, 3.8) is 0 Å². The first-order valence-electron chi connectivity index (χ1n) is 19.8. The molecule has 8 aromatic carbocycles. The molecule has 10 heteroatoms. The molecule has 7 nitrogen and oxygen atoms in total. The second-order valence-electron chi connectivity index (χ2n) is 15.3. The zero-order valence-corrected chi connectivity index (χ0v) is 33.3. The van der Waals surface area contributed by atoms with Gasteiger partial charge in [0.1, 0.15) is 0 Å². The second-order valence-corrected chi connectivity index (χ2v) is 15.3. The van der Waals surface area contributed by atoms with Crippen molar-refractivity contribution in [2.75, 3.05) is 0 Å². The first-order chi connectivity index (χ1) is 31.1. The molecule has 0 aliphatic heterocycles. The summed E-state index contributed by atoms with van der Waals surface area (Å²) in [5, 5.41) is 52.3. The van der Waals surface area contributed by atoms with Gasteiger partial charge in [-0.25, -0.2) is 0 Å². The highest BCUT2D eigenvalue weighted by Crippen LogP contribution is 2.44. The number of alkyl halides is 3. The predicted molar refractivity (Wildman–Crippen MR) is 240 cm³/mol. The number of fused-ring (bicyclic) bond motifs is 6. The van der Waals surface area contributed by atoms with E-state index >= 15 is 0 Å². The van der Waals surface area contributed by atoms with Crippen LogP contribution in [0, 0.1) is 56.7 Å². The zero-order chi connectivity index (χ0) is 44.3. The van der Waals surface area contributed by atoms with Crippen LogP contribution >= 0.6 is 0 Å². The van der Waals surface area contributed by atoms with Crippen LogP contribution in [0.4, 0.5) is 13.2 Å². The molecule has 298 valence electrons. The maximum atomic E-state index is 14.8. The largest absolute Gasteiger partial charge is 0.416 e. The molecule has 10 rings (SSSR count). The smallest absolute Gasteiger partial charge is 0.309 e. The summed E-state index contributed by atoms with van der Waals surface area (Å²) >= 11 is 0. The van der Waals surface area contributed by atoms with Gasteiger partial charge >= 0.3 is 6.18 Å². The molecule has 0 unspecified atom stereocenters. The highest BCUT2D eigenvalue weighted by Gasteiger charge is 2.32. The number of nitrogens with zero attached hydrogens (tertiary/aromatic N) is 7. The van der Waals surface area contributed by atoms with Crippen LogP contribution in [-0.4, -0.2) is 9.13 Å². The summed E-state index contributed by atoms with van der Waals surface area (Å²) in [6.07, 6.45) is -4.69. The van der Waals surface area contributed by atoms with Gasteiger partial charge in [-0.05, 0) is 125 Å². The maximum Gasteiger partial charge on any atom is 0.416 e. The van der Waals surface area contributed by atoms with Gasteiger partial charge in [0.15, 0.2) is 0 Å². The van der Waals surface area contributed by atoms with Crippen LogP contribution in [0.2, 0.25) is 0 Å². The van der Waals surface area contributed by atoms with Crippen molar-refractivity contribution >= 4 is 43.6 Å². The molecule has 0 aliphatic carbocycles. The van der Waals surface area contributed by atoms with E-state index in [1.807, 2.05) is 94.1 Å². The van der Waals surface area contributed by atoms with Crippen LogP contribution < -0.4 is 0 Å². The predicted octanol–water partition coefficient (Wildman–Crippen LogP) is 13.3. The van der Waals surface area contributed by atoms with E-state index in [4.69, 9.17) is 0 Å². The average molecular weight is 830 g/mol. The number of hydrogen-bond donors (Lipinski definition) is 0. The van der Waals surface area contributed by atoms with Crippen molar-refractivity contribution in [2.45, 2.75) is 6.18 Å². The van der Waals surface area contributed by atoms with E-state index in [0.29, 0.717) is 61.4 Å². The van der Waals surface area contributed by atoms with Crippen LogP contribution in [0.1, 0.15) is 33.4 Å². The first kappa shape index (κ1) is 38.8. The van der Waals surface area contributed by atoms with Crippen LogP contribution in [0.3, 0.4) is 0 Å². The summed E-state index contributed by atoms with van der Waals surface area (Å²) in [5.74, 6) is 0. The van der Waals surface area contributed by atoms with Gasteiger partial charge < -0.3 is 9.13 Å². The average Bonchev–Trinajstić information content (AvgIpc) is 3.84. The Bertz CT molecular complexity index is 3790. The van der Waals surface area contributed by atoms with Crippen LogP contribution in [0.5, 0.6) is 0 Å². The molecule has 0 spiro atoms. The van der Waals surface area contributed by atoms with Gasteiger partial charge in [-0.1, -0.05) is 54.6 Å². The summed E-state index contributed by atoms with van der Waals surface area (Å²) in [7, 11) is 0. The Morgan fingerprint density at radius 2 is 0.797 bits per heavy atom. The number of para-hydroxylation sites is 2. The molecular formula is C54H26F3N7. The standard InChI is InChI=1S/C54H26F3N7/c55-54(56,57)41-12-16-52(63-48-7-3-1-5-42(48)45-24-37(10-14-50(45)63)39-19-33(28-59)17-34(20-39)29-60)47(26-41)44-13-9-32(27-58)23-53(44)64-49-8-4-2-6-43(49)46-25-38(11-15-51(46)64)40-21-35(30-61)18-36(22-40)31-62/h1-26H. The molecule has 0 aliphatic rings. The quantitative estimate of drug-likeness (QED) is 0.171. The third-order valence-electron chi connectivity index (χ3n) is 11.6. The molecule has 0 atom stereocenters. The van der Waals surface area contributed by atoms with Crippen molar-refractivity contribution < 1.29 is 13.2 Å². The summed E-state index contributed by atoms with van der Waals surface area (Å²) in [4.78, 5) is 0. The van der Waals surface area contributed by atoms with Gasteiger partial charge in [-0.3, -0.25) is 0 Å². The van der Waals surface area contributed by atoms with E-state index < -0.39 is 11.7 Å². The van der Waals surface area contributed by atoms with Gasteiger partial charge in [0, 0.05) is 32.7 Å². The minimum atomic E-state index is -4.69. The molecule has 10 aromatic rings. The fraction of sp³-hybridized carbons (Fsp3) is 0.0185. The topological polar surface area (TPSA) is 129 Å². The Kier molecular flexibility index (Phi) is 9.06. The Morgan fingerprint density at radius 1 is 0.344 bits per heavy atom. The van der Waals surface area contributed by atoms with Gasteiger partial charge in [0.2, 0.25) is 0 Å². The lowest BCUT2D eigenvalue weighted by Gasteiger charge is -2.20. The second kappa shape index (κ2) is 14.9. The van der Waals surface area contributed by atoms with Crippen LogP contribution in [-0.2, 0) is 6.18 Å². The Balaban J connectivity index is 1.25. The van der Waals surface area contributed by atoms with E-state index in [1.54, 1.807) is 42.5 Å². The zero-order valence-electron chi connectivity index (χ0n) is 33.3. The Labute approximate surface area is 363 Å².